The second kappa shape index (κ2) is 8.72. The fraction of sp³-hybridized carbons (Fsp3) is 0.217. The van der Waals surface area contributed by atoms with Crippen LogP contribution in [-0.4, -0.2) is 30.2 Å². The minimum atomic E-state index is 0.595. The Kier molecular flexibility index (Phi) is 5.65. The van der Waals surface area contributed by atoms with Crippen molar-refractivity contribution in [2.24, 2.45) is 0 Å². The maximum absolute atomic E-state index is 4.89. The molecule has 0 unspecified atom stereocenters. The molecule has 0 amide bonds. The summed E-state index contributed by atoms with van der Waals surface area (Å²) in [6.07, 6.45) is 3.31. The van der Waals surface area contributed by atoms with Gasteiger partial charge in [0.05, 0.1) is 20.4 Å². The molecule has 0 saturated heterocycles. The molecule has 0 bridgehead atoms. The Morgan fingerprint density at radius 3 is 2.71 bits per heavy atom. The number of fused-ring (bicyclic) bond motifs is 1. The molecule has 0 aliphatic heterocycles. The van der Waals surface area contributed by atoms with E-state index in [4.69, 9.17) is 4.98 Å². The van der Waals surface area contributed by atoms with Gasteiger partial charge < -0.3 is 4.57 Å². The Labute approximate surface area is 192 Å². The van der Waals surface area contributed by atoms with E-state index < -0.39 is 0 Å². The third kappa shape index (κ3) is 3.93. The normalized spacial score (nSPS) is 11.4. The molecule has 0 radical (unpaired) electrons. The van der Waals surface area contributed by atoms with Gasteiger partial charge >= 0.3 is 0 Å². The van der Waals surface area contributed by atoms with Crippen LogP contribution in [0.15, 0.2) is 57.7 Å². The molecule has 0 fully saturated rings. The van der Waals surface area contributed by atoms with Crippen LogP contribution in [0.4, 0.5) is 0 Å². The average Bonchev–Trinajstić information content (AvgIpc) is 3.52. The molecule has 0 aliphatic rings. The van der Waals surface area contributed by atoms with Crippen LogP contribution >= 0.6 is 27.3 Å². The highest BCUT2D eigenvalue weighted by Crippen LogP contribution is 2.40. The monoisotopic (exact) mass is 492 g/mol. The molecule has 156 valence electrons. The van der Waals surface area contributed by atoms with Gasteiger partial charge in [0.25, 0.3) is 0 Å². The van der Waals surface area contributed by atoms with Gasteiger partial charge in [-0.15, -0.1) is 21.5 Å². The van der Waals surface area contributed by atoms with Gasteiger partial charge in [0, 0.05) is 23.9 Å². The lowest BCUT2D eigenvalue weighted by atomic mass is 10.0. The van der Waals surface area contributed by atoms with Crippen molar-refractivity contribution >= 4 is 38.3 Å². The maximum atomic E-state index is 4.89. The van der Waals surface area contributed by atoms with E-state index in [1.54, 1.807) is 11.3 Å². The van der Waals surface area contributed by atoms with Crippen LogP contribution in [0.1, 0.15) is 31.2 Å². The fourth-order valence-electron chi connectivity index (χ4n) is 3.82. The van der Waals surface area contributed by atoms with Crippen LogP contribution < -0.4 is 0 Å². The summed E-state index contributed by atoms with van der Waals surface area (Å²) in [5.41, 5.74) is 6.71. The van der Waals surface area contributed by atoms with Crippen molar-refractivity contribution in [3.8, 4) is 22.5 Å². The molecule has 5 aromatic rings. The number of halogens is 1. The zero-order chi connectivity index (χ0) is 21.2. The first-order chi connectivity index (χ1) is 15.2. The average molecular weight is 493 g/mol. The summed E-state index contributed by atoms with van der Waals surface area (Å²) in [6.45, 7) is 3.03. The summed E-state index contributed by atoms with van der Waals surface area (Å²) in [6, 6.07) is 17.1. The molecule has 0 atom stereocenters. The number of aryl methyl sites for hydroxylation is 1. The van der Waals surface area contributed by atoms with Gasteiger partial charge in [0.1, 0.15) is 5.82 Å². The third-order valence-corrected chi connectivity index (χ3v) is 7.13. The van der Waals surface area contributed by atoms with Crippen molar-refractivity contribution < 1.29 is 0 Å². The molecular formula is C23H21BrN6S. The SMILES string of the molecule is CCCCc1nc2ccccc2n1Cc1ccc(-c2csc(Br)c2-c2nn[nH]n2)cc1. The molecule has 0 saturated carbocycles. The third-order valence-electron chi connectivity index (χ3n) is 5.41. The number of nitrogens with one attached hydrogen (secondary N) is 1. The number of unbranched alkanes of at least 4 members (excludes halogenated alkanes) is 1. The number of thiophene rings is 1. The Morgan fingerprint density at radius 1 is 1.10 bits per heavy atom. The first kappa shape index (κ1) is 20.1. The van der Waals surface area contributed by atoms with Gasteiger partial charge in [-0.1, -0.05) is 49.7 Å². The van der Waals surface area contributed by atoms with Crippen molar-refractivity contribution in [1.82, 2.24) is 30.2 Å². The maximum Gasteiger partial charge on any atom is 0.207 e. The molecular weight excluding hydrogens is 472 g/mol. The summed E-state index contributed by atoms with van der Waals surface area (Å²) in [4.78, 5) is 4.89. The number of nitrogens with zero attached hydrogens (tertiary/aromatic N) is 5. The zero-order valence-electron chi connectivity index (χ0n) is 17.0. The summed E-state index contributed by atoms with van der Waals surface area (Å²) in [7, 11) is 0. The fourth-order valence-corrected chi connectivity index (χ4v) is 5.29. The Bertz CT molecular complexity index is 1300. The zero-order valence-corrected chi connectivity index (χ0v) is 19.4. The number of rotatable bonds is 7. The number of imidazole rings is 1. The molecule has 2 aromatic carbocycles. The van der Waals surface area contributed by atoms with Crippen molar-refractivity contribution in [2.75, 3.05) is 0 Å². The summed E-state index contributed by atoms with van der Waals surface area (Å²) in [5, 5.41) is 16.7. The highest BCUT2D eigenvalue weighted by Gasteiger charge is 2.17. The van der Waals surface area contributed by atoms with Gasteiger partial charge in [-0.25, -0.2) is 4.98 Å². The predicted molar refractivity (Wildman–Crippen MR) is 128 cm³/mol. The highest BCUT2D eigenvalue weighted by molar-refractivity contribution is 9.11. The van der Waals surface area contributed by atoms with Crippen LogP contribution in [0.25, 0.3) is 33.5 Å². The van der Waals surface area contributed by atoms with Gasteiger partial charge in [-0.2, -0.15) is 5.21 Å². The number of hydrogen-bond acceptors (Lipinski definition) is 5. The van der Waals surface area contributed by atoms with Crippen molar-refractivity contribution in [2.45, 2.75) is 32.7 Å². The largest absolute Gasteiger partial charge is 0.323 e. The number of H-pyrrole nitrogens is 1. The van der Waals surface area contributed by atoms with E-state index in [0.29, 0.717) is 5.82 Å². The topological polar surface area (TPSA) is 72.3 Å². The molecule has 0 spiro atoms. The van der Waals surface area contributed by atoms with Crippen LogP contribution in [0.2, 0.25) is 0 Å². The molecule has 8 heteroatoms. The van der Waals surface area contributed by atoms with Crippen LogP contribution in [0.3, 0.4) is 0 Å². The van der Waals surface area contributed by atoms with Crippen LogP contribution in [0.5, 0.6) is 0 Å². The van der Waals surface area contributed by atoms with Crippen molar-refractivity contribution in [3.63, 3.8) is 0 Å². The Morgan fingerprint density at radius 2 is 1.94 bits per heavy atom. The first-order valence-corrected chi connectivity index (χ1v) is 12.0. The van der Waals surface area contributed by atoms with Crippen LogP contribution in [0, 0.1) is 0 Å². The predicted octanol–water partition coefficient (Wildman–Crippen LogP) is 6.10. The molecule has 31 heavy (non-hydrogen) atoms. The highest BCUT2D eigenvalue weighted by atomic mass is 79.9. The number of aromatic nitrogens is 6. The molecule has 1 N–H and O–H groups in total. The van der Waals surface area contributed by atoms with E-state index in [9.17, 15) is 0 Å². The standard InChI is InChI=1S/C23H21BrN6S/c1-2-3-8-20-25-18-6-4-5-7-19(18)30(20)13-15-9-11-16(12-10-15)17-14-31-22(24)21(17)23-26-28-29-27-23/h4-7,9-12,14H,2-3,8,13H2,1H3,(H,26,27,28,29). The molecule has 3 heterocycles. The van der Waals surface area contributed by atoms with E-state index in [1.165, 1.54) is 11.1 Å². The number of para-hydroxylation sites is 2. The molecule has 0 aliphatic carbocycles. The molecule has 5 rings (SSSR count). The lowest BCUT2D eigenvalue weighted by molar-refractivity contribution is 0.690. The van der Waals surface area contributed by atoms with Gasteiger partial charge in [0.2, 0.25) is 5.82 Å². The van der Waals surface area contributed by atoms with Gasteiger partial charge in [0.15, 0.2) is 0 Å². The van der Waals surface area contributed by atoms with E-state index in [2.05, 4.69) is 102 Å². The number of hydrogen-bond donors (Lipinski definition) is 1. The number of tetrazole rings is 1. The summed E-state index contributed by atoms with van der Waals surface area (Å²) < 4.78 is 3.35. The lowest BCUT2D eigenvalue weighted by Crippen LogP contribution is -2.05. The summed E-state index contributed by atoms with van der Waals surface area (Å²) in [5.74, 6) is 1.76. The number of benzene rings is 2. The summed E-state index contributed by atoms with van der Waals surface area (Å²) >= 11 is 5.25. The smallest absolute Gasteiger partial charge is 0.207 e. The second-order valence-electron chi connectivity index (χ2n) is 7.44. The first-order valence-electron chi connectivity index (χ1n) is 10.3. The van der Waals surface area contributed by atoms with E-state index in [0.717, 1.165) is 57.6 Å². The van der Waals surface area contributed by atoms with Crippen molar-refractivity contribution in [3.05, 3.63) is 69.1 Å². The minimum Gasteiger partial charge on any atom is -0.323 e. The van der Waals surface area contributed by atoms with Gasteiger partial charge in [-0.05, 0) is 50.8 Å². The minimum absolute atomic E-state index is 0.595. The van der Waals surface area contributed by atoms with E-state index in [-0.39, 0.29) is 0 Å². The van der Waals surface area contributed by atoms with Crippen molar-refractivity contribution in [1.29, 1.82) is 0 Å². The van der Waals surface area contributed by atoms with Gasteiger partial charge in [-0.3, -0.25) is 0 Å². The Hall–Kier alpha value is -2.84. The number of aromatic amines is 1. The molecule has 6 nitrogen and oxygen atoms in total. The quantitative estimate of drug-likeness (QED) is 0.298. The molecule has 3 aromatic heterocycles. The van der Waals surface area contributed by atoms with E-state index >= 15 is 0 Å². The van der Waals surface area contributed by atoms with E-state index in [1.807, 2.05) is 0 Å². The lowest BCUT2D eigenvalue weighted by Gasteiger charge is -2.10. The van der Waals surface area contributed by atoms with Crippen LogP contribution in [-0.2, 0) is 13.0 Å². The Balaban J connectivity index is 1.46. The second-order valence-corrected chi connectivity index (χ2v) is 9.63.